The Morgan fingerprint density at radius 3 is 2.48 bits per heavy atom. The highest BCUT2D eigenvalue weighted by Gasteiger charge is 2.04. The van der Waals surface area contributed by atoms with Crippen molar-refractivity contribution in [2.24, 2.45) is 5.10 Å². The fourth-order valence-corrected chi connectivity index (χ4v) is 1.59. The Balaban J connectivity index is 1.99. The lowest BCUT2D eigenvalue weighted by atomic mass is 10.2. The Kier molecular flexibility index (Phi) is 4.40. The smallest absolute Gasteiger partial charge is 0.271 e. The lowest BCUT2D eigenvalue weighted by molar-refractivity contribution is 0.0955. The van der Waals surface area contributed by atoms with Gasteiger partial charge in [0.1, 0.15) is 5.75 Å². The Morgan fingerprint density at radius 2 is 1.86 bits per heavy atom. The molecule has 2 rings (SSSR count). The van der Waals surface area contributed by atoms with Gasteiger partial charge < -0.3 is 14.9 Å². The minimum Gasteiger partial charge on any atom is -0.504 e. The van der Waals surface area contributed by atoms with Crippen molar-refractivity contribution in [3.63, 3.8) is 0 Å². The first kappa shape index (κ1) is 14.4. The number of phenols is 2. The minimum absolute atomic E-state index is 0.214. The number of carbonyl (C=O) groups excluding carboxylic acids is 1. The van der Waals surface area contributed by atoms with Crippen molar-refractivity contribution >= 4 is 12.1 Å². The third-order valence-corrected chi connectivity index (χ3v) is 2.73. The van der Waals surface area contributed by atoms with Crippen molar-refractivity contribution < 1.29 is 19.7 Å². The molecular weight excluding hydrogens is 272 g/mol. The van der Waals surface area contributed by atoms with E-state index in [1.807, 2.05) is 0 Å². The number of nitrogens with one attached hydrogen (secondary N) is 1. The summed E-state index contributed by atoms with van der Waals surface area (Å²) in [4.78, 5) is 11.8. The molecule has 0 atom stereocenters. The Morgan fingerprint density at radius 1 is 1.14 bits per heavy atom. The molecule has 0 bridgehead atoms. The van der Waals surface area contributed by atoms with Gasteiger partial charge in [-0.25, -0.2) is 5.43 Å². The van der Waals surface area contributed by atoms with Crippen molar-refractivity contribution in [3.8, 4) is 17.2 Å². The number of rotatable bonds is 4. The number of phenolic OH excluding ortho intramolecular Hbond substituents is 2. The molecule has 6 nitrogen and oxygen atoms in total. The zero-order valence-corrected chi connectivity index (χ0v) is 11.3. The van der Waals surface area contributed by atoms with Gasteiger partial charge in [-0.2, -0.15) is 5.10 Å². The average molecular weight is 286 g/mol. The lowest BCUT2D eigenvalue weighted by Crippen LogP contribution is -2.17. The van der Waals surface area contributed by atoms with E-state index >= 15 is 0 Å². The molecule has 0 radical (unpaired) electrons. The van der Waals surface area contributed by atoms with Crippen LogP contribution in [0.25, 0.3) is 0 Å². The molecule has 0 heterocycles. The first-order valence-corrected chi connectivity index (χ1v) is 6.09. The van der Waals surface area contributed by atoms with Crippen LogP contribution in [-0.2, 0) is 0 Å². The number of hydrazone groups is 1. The zero-order chi connectivity index (χ0) is 15.2. The predicted octanol–water partition coefficient (Wildman–Crippen LogP) is 1.87. The van der Waals surface area contributed by atoms with Crippen molar-refractivity contribution in [2.45, 2.75) is 0 Å². The molecule has 0 aliphatic heterocycles. The normalized spacial score (nSPS) is 10.5. The Labute approximate surface area is 121 Å². The number of methoxy groups -OCH3 is 1. The molecule has 21 heavy (non-hydrogen) atoms. The molecule has 0 aliphatic rings. The van der Waals surface area contributed by atoms with Crippen LogP contribution < -0.4 is 10.2 Å². The van der Waals surface area contributed by atoms with Crippen LogP contribution >= 0.6 is 0 Å². The second-order valence-corrected chi connectivity index (χ2v) is 4.18. The number of aromatic hydroxyl groups is 2. The standard InChI is InChI=1S/C15H14N2O4/c1-21-12-5-3-11(4-6-12)15(20)17-16-9-10-2-7-13(18)14(19)8-10/h2-9,18-19H,1H3,(H,17,20). The molecule has 3 N–H and O–H groups in total. The van der Waals surface area contributed by atoms with Gasteiger partial charge in [-0.15, -0.1) is 0 Å². The molecule has 0 spiro atoms. The monoisotopic (exact) mass is 286 g/mol. The van der Waals surface area contributed by atoms with E-state index in [1.54, 1.807) is 37.4 Å². The summed E-state index contributed by atoms with van der Waals surface area (Å²) in [6, 6.07) is 10.8. The SMILES string of the molecule is COc1ccc(C(=O)NN=Cc2ccc(O)c(O)c2)cc1. The summed E-state index contributed by atoms with van der Waals surface area (Å²) in [5.41, 5.74) is 3.35. The summed E-state index contributed by atoms with van der Waals surface area (Å²) in [5, 5.41) is 22.3. The quantitative estimate of drug-likeness (QED) is 0.454. The second-order valence-electron chi connectivity index (χ2n) is 4.18. The minimum atomic E-state index is -0.364. The third kappa shape index (κ3) is 3.73. The van der Waals surface area contributed by atoms with Crippen LogP contribution in [0.15, 0.2) is 47.6 Å². The fraction of sp³-hybridized carbons (Fsp3) is 0.0667. The molecule has 0 aliphatic carbocycles. The van der Waals surface area contributed by atoms with E-state index in [0.717, 1.165) is 0 Å². The highest BCUT2D eigenvalue weighted by molar-refractivity contribution is 5.95. The van der Waals surface area contributed by atoms with Crippen LogP contribution in [0.4, 0.5) is 0 Å². The van der Waals surface area contributed by atoms with Crippen molar-refractivity contribution in [1.29, 1.82) is 0 Å². The maximum absolute atomic E-state index is 11.8. The largest absolute Gasteiger partial charge is 0.504 e. The predicted molar refractivity (Wildman–Crippen MR) is 77.8 cm³/mol. The van der Waals surface area contributed by atoms with Crippen molar-refractivity contribution in [3.05, 3.63) is 53.6 Å². The molecular formula is C15H14N2O4. The van der Waals surface area contributed by atoms with E-state index in [1.165, 1.54) is 18.3 Å². The van der Waals surface area contributed by atoms with Gasteiger partial charge in [0.25, 0.3) is 5.91 Å². The van der Waals surface area contributed by atoms with Gasteiger partial charge >= 0.3 is 0 Å². The van der Waals surface area contributed by atoms with Gasteiger partial charge in [-0.3, -0.25) is 4.79 Å². The molecule has 0 saturated heterocycles. The molecule has 108 valence electrons. The van der Waals surface area contributed by atoms with Crippen molar-refractivity contribution in [2.75, 3.05) is 7.11 Å². The molecule has 2 aromatic carbocycles. The molecule has 1 amide bonds. The first-order valence-electron chi connectivity index (χ1n) is 6.09. The number of amides is 1. The van der Waals surface area contributed by atoms with Gasteiger partial charge in [-0.05, 0) is 48.0 Å². The molecule has 6 heteroatoms. The number of nitrogens with zero attached hydrogens (tertiary/aromatic N) is 1. The van der Waals surface area contributed by atoms with Crippen LogP contribution in [-0.4, -0.2) is 29.4 Å². The molecule has 0 fully saturated rings. The molecule has 0 saturated carbocycles. The van der Waals surface area contributed by atoms with Crippen LogP contribution in [0.1, 0.15) is 15.9 Å². The molecule has 2 aromatic rings. The second kappa shape index (κ2) is 6.42. The first-order chi connectivity index (χ1) is 10.1. The highest BCUT2D eigenvalue weighted by atomic mass is 16.5. The summed E-state index contributed by atoms with van der Waals surface area (Å²) in [7, 11) is 1.55. The Hall–Kier alpha value is -3.02. The van der Waals surface area contributed by atoms with E-state index in [2.05, 4.69) is 10.5 Å². The number of benzene rings is 2. The molecule has 0 aromatic heterocycles. The Bertz CT molecular complexity index is 666. The zero-order valence-electron chi connectivity index (χ0n) is 11.3. The number of hydrogen-bond donors (Lipinski definition) is 3. The van der Waals surface area contributed by atoms with Gasteiger partial charge in [-0.1, -0.05) is 0 Å². The highest BCUT2D eigenvalue weighted by Crippen LogP contribution is 2.23. The van der Waals surface area contributed by atoms with E-state index in [4.69, 9.17) is 4.74 Å². The van der Waals surface area contributed by atoms with Crippen molar-refractivity contribution in [1.82, 2.24) is 5.43 Å². The number of hydrogen-bond acceptors (Lipinski definition) is 5. The summed E-state index contributed by atoms with van der Waals surface area (Å²) < 4.78 is 5.00. The summed E-state index contributed by atoms with van der Waals surface area (Å²) in [6.45, 7) is 0. The third-order valence-electron chi connectivity index (χ3n) is 2.73. The summed E-state index contributed by atoms with van der Waals surface area (Å²) in [6.07, 6.45) is 1.36. The molecule has 0 unspecified atom stereocenters. The van der Waals surface area contributed by atoms with Gasteiger partial charge in [0.15, 0.2) is 11.5 Å². The fourth-order valence-electron chi connectivity index (χ4n) is 1.59. The topological polar surface area (TPSA) is 91.2 Å². The van der Waals surface area contributed by atoms with Gasteiger partial charge in [0, 0.05) is 5.56 Å². The van der Waals surface area contributed by atoms with E-state index in [9.17, 15) is 15.0 Å². The van der Waals surface area contributed by atoms with Gasteiger partial charge in [0.2, 0.25) is 0 Å². The number of ether oxygens (including phenoxy) is 1. The number of carbonyl (C=O) groups is 1. The van der Waals surface area contributed by atoms with E-state index < -0.39 is 0 Å². The van der Waals surface area contributed by atoms with Gasteiger partial charge in [0.05, 0.1) is 13.3 Å². The maximum Gasteiger partial charge on any atom is 0.271 e. The maximum atomic E-state index is 11.8. The lowest BCUT2D eigenvalue weighted by Gasteiger charge is -2.02. The average Bonchev–Trinajstić information content (AvgIpc) is 2.51. The van der Waals surface area contributed by atoms with E-state index in [0.29, 0.717) is 16.9 Å². The summed E-state index contributed by atoms with van der Waals surface area (Å²) in [5.74, 6) is -0.165. The van der Waals surface area contributed by atoms with Crippen LogP contribution in [0.3, 0.4) is 0 Å². The van der Waals surface area contributed by atoms with Crippen LogP contribution in [0.2, 0.25) is 0 Å². The summed E-state index contributed by atoms with van der Waals surface area (Å²) >= 11 is 0. The van der Waals surface area contributed by atoms with Crippen LogP contribution in [0, 0.1) is 0 Å². The van der Waals surface area contributed by atoms with E-state index in [-0.39, 0.29) is 17.4 Å². The van der Waals surface area contributed by atoms with Crippen LogP contribution in [0.5, 0.6) is 17.2 Å².